The quantitative estimate of drug-likeness (QED) is 0.721. The summed E-state index contributed by atoms with van der Waals surface area (Å²) in [5.41, 5.74) is 8.13. The van der Waals surface area contributed by atoms with Crippen LogP contribution >= 0.6 is 0 Å². The molecular weight excluding hydrogens is 268 g/mol. The number of fused-ring (bicyclic) bond motifs is 1. The van der Waals surface area contributed by atoms with Crippen LogP contribution in [0.1, 0.15) is 50.4 Å². The second kappa shape index (κ2) is 7.04. The van der Waals surface area contributed by atoms with Gasteiger partial charge in [0.15, 0.2) is 0 Å². The van der Waals surface area contributed by atoms with Gasteiger partial charge in [-0.05, 0) is 31.6 Å². The van der Waals surface area contributed by atoms with Gasteiger partial charge in [-0.3, -0.25) is 9.48 Å². The highest BCUT2D eigenvalue weighted by molar-refractivity contribution is 5.81. The van der Waals surface area contributed by atoms with Crippen LogP contribution in [0.25, 0.3) is 0 Å². The number of carbonyl (C=O) groups is 1. The molecule has 1 aromatic rings. The van der Waals surface area contributed by atoms with Crippen molar-refractivity contribution in [1.29, 1.82) is 0 Å². The van der Waals surface area contributed by atoms with Crippen molar-refractivity contribution in [2.75, 3.05) is 6.61 Å². The van der Waals surface area contributed by atoms with E-state index in [4.69, 9.17) is 10.8 Å². The van der Waals surface area contributed by atoms with Crippen molar-refractivity contribution in [2.24, 2.45) is 11.7 Å². The zero-order valence-corrected chi connectivity index (χ0v) is 12.9. The van der Waals surface area contributed by atoms with E-state index in [9.17, 15) is 4.79 Å². The molecule has 4 N–H and O–H groups in total. The Morgan fingerprint density at radius 2 is 2.38 bits per heavy atom. The standard InChI is InChI=1S/C15H26N4O2/c1-10(2)8-12(16)15(21)18-13-4-3-5-14-11(13)9-17-19(14)6-7-20/h9-10,12-13,20H,3-8,16H2,1-2H3,(H,18,21)/t12-,13?/m0/s1. The molecule has 0 saturated heterocycles. The van der Waals surface area contributed by atoms with Crippen molar-refractivity contribution < 1.29 is 9.90 Å². The van der Waals surface area contributed by atoms with E-state index in [1.54, 1.807) is 0 Å². The molecule has 0 bridgehead atoms. The van der Waals surface area contributed by atoms with E-state index in [-0.39, 0.29) is 18.6 Å². The van der Waals surface area contributed by atoms with E-state index in [0.29, 0.717) is 18.9 Å². The molecule has 0 aromatic carbocycles. The van der Waals surface area contributed by atoms with Gasteiger partial charge in [-0.25, -0.2) is 0 Å². The van der Waals surface area contributed by atoms with E-state index in [2.05, 4.69) is 24.3 Å². The summed E-state index contributed by atoms with van der Waals surface area (Å²) in [6, 6.07) is -0.463. The first kappa shape index (κ1) is 16.0. The van der Waals surface area contributed by atoms with Crippen LogP contribution in [0.15, 0.2) is 6.20 Å². The predicted octanol–water partition coefficient (Wildman–Crippen LogP) is 0.742. The molecule has 2 rings (SSSR count). The Morgan fingerprint density at radius 1 is 1.62 bits per heavy atom. The fraction of sp³-hybridized carbons (Fsp3) is 0.733. The van der Waals surface area contributed by atoms with Crippen LogP contribution < -0.4 is 11.1 Å². The second-order valence-electron chi connectivity index (χ2n) is 6.18. The zero-order chi connectivity index (χ0) is 15.4. The average molecular weight is 294 g/mol. The summed E-state index contributed by atoms with van der Waals surface area (Å²) >= 11 is 0. The first-order valence-corrected chi connectivity index (χ1v) is 7.74. The van der Waals surface area contributed by atoms with E-state index < -0.39 is 6.04 Å². The molecule has 0 fully saturated rings. The van der Waals surface area contributed by atoms with E-state index in [0.717, 1.165) is 30.5 Å². The molecule has 6 nitrogen and oxygen atoms in total. The summed E-state index contributed by atoms with van der Waals surface area (Å²) in [7, 11) is 0. The lowest BCUT2D eigenvalue weighted by Crippen LogP contribution is -2.43. The van der Waals surface area contributed by atoms with Gasteiger partial charge < -0.3 is 16.2 Å². The van der Waals surface area contributed by atoms with Crippen LogP contribution in [0.2, 0.25) is 0 Å². The normalized spacial score (nSPS) is 19.4. The van der Waals surface area contributed by atoms with Crippen LogP contribution in [-0.2, 0) is 17.8 Å². The van der Waals surface area contributed by atoms with Crippen molar-refractivity contribution >= 4 is 5.91 Å². The number of nitrogens with zero attached hydrogens (tertiary/aromatic N) is 2. The van der Waals surface area contributed by atoms with Crippen LogP contribution in [0, 0.1) is 5.92 Å². The van der Waals surface area contributed by atoms with Crippen molar-refractivity contribution in [2.45, 2.75) is 58.2 Å². The number of aliphatic hydroxyl groups is 1. The van der Waals surface area contributed by atoms with Gasteiger partial charge in [0.2, 0.25) is 5.91 Å². The largest absolute Gasteiger partial charge is 0.394 e. The number of hydrogen-bond acceptors (Lipinski definition) is 4. The summed E-state index contributed by atoms with van der Waals surface area (Å²) < 4.78 is 1.84. The highest BCUT2D eigenvalue weighted by Crippen LogP contribution is 2.29. The number of hydrogen-bond donors (Lipinski definition) is 3. The van der Waals surface area contributed by atoms with Gasteiger partial charge in [0.25, 0.3) is 0 Å². The van der Waals surface area contributed by atoms with Crippen molar-refractivity contribution in [3.05, 3.63) is 17.5 Å². The van der Waals surface area contributed by atoms with E-state index >= 15 is 0 Å². The zero-order valence-electron chi connectivity index (χ0n) is 12.9. The molecule has 1 amide bonds. The highest BCUT2D eigenvalue weighted by atomic mass is 16.3. The van der Waals surface area contributed by atoms with Gasteiger partial charge in [-0.2, -0.15) is 5.10 Å². The fourth-order valence-electron chi connectivity index (χ4n) is 2.95. The lowest BCUT2D eigenvalue weighted by Gasteiger charge is -2.26. The molecule has 1 aromatic heterocycles. The number of nitrogens with one attached hydrogen (secondary N) is 1. The number of aliphatic hydroxyl groups excluding tert-OH is 1. The van der Waals surface area contributed by atoms with Gasteiger partial charge in [0.1, 0.15) is 0 Å². The molecule has 6 heteroatoms. The Kier molecular flexibility index (Phi) is 5.36. The number of amides is 1. The molecule has 1 aliphatic rings. The minimum Gasteiger partial charge on any atom is -0.394 e. The topological polar surface area (TPSA) is 93.2 Å². The fourth-order valence-corrected chi connectivity index (χ4v) is 2.95. The molecular formula is C15H26N4O2. The Labute approximate surface area is 125 Å². The Balaban J connectivity index is 2.05. The molecule has 1 unspecified atom stereocenters. The van der Waals surface area contributed by atoms with Gasteiger partial charge in [0.05, 0.1) is 31.4 Å². The molecule has 0 aliphatic heterocycles. The average Bonchev–Trinajstić information content (AvgIpc) is 2.83. The van der Waals surface area contributed by atoms with Gasteiger partial charge in [-0.15, -0.1) is 0 Å². The van der Waals surface area contributed by atoms with E-state index in [1.807, 2.05) is 10.9 Å². The van der Waals surface area contributed by atoms with Gasteiger partial charge in [0, 0.05) is 11.3 Å². The maximum atomic E-state index is 12.2. The summed E-state index contributed by atoms with van der Waals surface area (Å²) in [6.07, 6.45) is 5.37. The van der Waals surface area contributed by atoms with Crippen molar-refractivity contribution in [3.8, 4) is 0 Å². The summed E-state index contributed by atoms with van der Waals surface area (Å²) in [5, 5.41) is 16.4. The smallest absolute Gasteiger partial charge is 0.237 e. The lowest BCUT2D eigenvalue weighted by molar-refractivity contribution is -0.123. The lowest BCUT2D eigenvalue weighted by atomic mass is 9.92. The van der Waals surface area contributed by atoms with Crippen LogP contribution in [0.3, 0.4) is 0 Å². The molecule has 2 atom stereocenters. The number of carbonyl (C=O) groups excluding carboxylic acids is 1. The first-order valence-electron chi connectivity index (χ1n) is 7.74. The minimum absolute atomic E-state index is 0.00750. The van der Waals surface area contributed by atoms with Gasteiger partial charge >= 0.3 is 0 Å². The van der Waals surface area contributed by atoms with Crippen molar-refractivity contribution in [3.63, 3.8) is 0 Å². The monoisotopic (exact) mass is 294 g/mol. The van der Waals surface area contributed by atoms with Crippen molar-refractivity contribution in [1.82, 2.24) is 15.1 Å². The van der Waals surface area contributed by atoms with Gasteiger partial charge in [-0.1, -0.05) is 13.8 Å². The molecule has 1 aliphatic carbocycles. The molecule has 1 heterocycles. The minimum atomic E-state index is -0.456. The summed E-state index contributed by atoms with van der Waals surface area (Å²) in [4.78, 5) is 12.2. The second-order valence-corrected chi connectivity index (χ2v) is 6.18. The molecule has 0 spiro atoms. The van der Waals surface area contributed by atoms with Crippen LogP contribution in [0.4, 0.5) is 0 Å². The first-order chi connectivity index (χ1) is 10.0. The Morgan fingerprint density at radius 3 is 3.05 bits per heavy atom. The maximum Gasteiger partial charge on any atom is 0.237 e. The third-order valence-electron chi connectivity index (χ3n) is 3.95. The van der Waals surface area contributed by atoms with Crippen LogP contribution in [0.5, 0.6) is 0 Å². The third-order valence-corrected chi connectivity index (χ3v) is 3.95. The predicted molar refractivity (Wildman–Crippen MR) is 80.6 cm³/mol. The number of rotatable bonds is 6. The summed E-state index contributed by atoms with van der Waals surface area (Å²) in [6.45, 7) is 4.70. The van der Waals surface area contributed by atoms with Crippen LogP contribution in [-0.4, -0.2) is 33.4 Å². The van der Waals surface area contributed by atoms with E-state index in [1.165, 1.54) is 0 Å². The third kappa shape index (κ3) is 3.83. The Bertz CT molecular complexity index is 484. The highest BCUT2D eigenvalue weighted by Gasteiger charge is 2.27. The number of aromatic nitrogens is 2. The molecule has 21 heavy (non-hydrogen) atoms. The number of nitrogens with two attached hydrogens (primary N) is 1. The maximum absolute atomic E-state index is 12.2. The Hall–Kier alpha value is -1.40. The molecule has 118 valence electrons. The molecule has 0 saturated carbocycles. The summed E-state index contributed by atoms with van der Waals surface area (Å²) in [5.74, 6) is 0.316. The SMILES string of the molecule is CC(C)C[C@H](N)C(=O)NC1CCCc2c1cnn2CCO. The molecule has 0 radical (unpaired) electrons.